The zero-order valence-corrected chi connectivity index (χ0v) is 8.85. The molecule has 0 heterocycles. The molecule has 3 N–H and O–H groups in total. The Kier molecular flexibility index (Phi) is 3.14. The molecule has 14 heavy (non-hydrogen) atoms. The second-order valence-electron chi connectivity index (χ2n) is 3.80. The van der Waals surface area contributed by atoms with Gasteiger partial charge in [0.1, 0.15) is 5.82 Å². The van der Waals surface area contributed by atoms with Crippen molar-refractivity contribution in [3.05, 3.63) is 34.6 Å². The van der Waals surface area contributed by atoms with Crippen LogP contribution in [-0.4, -0.2) is 10.7 Å². The molecule has 1 aromatic carbocycles. The second kappa shape index (κ2) is 3.85. The van der Waals surface area contributed by atoms with Gasteiger partial charge in [0.25, 0.3) is 0 Å². The normalized spacial score (nSPS) is 14.1. The second-order valence-corrected chi connectivity index (χ2v) is 4.21. The van der Waals surface area contributed by atoms with E-state index in [9.17, 15) is 9.50 Å². The lowest BCUT2D eigenvalue weighted by atomic mass is 9.93. The highest BCUT2D eigenvalue weighted by atomic mass is 35.5. The van der Waals surface area contributed by atoms with Crippen LogP contribution in [0.15, 0.2) is 18.2 Å². The van der Waals surface area contributed by atoms with Crippen LogP contribution in [0.3, 0.4) is 0 Å². The van der Waals surface area contributed by atoms with Crippen molar-refractivity contribution in [2.24, 2.45) is 5.73 Å². The van der Waals surface area contributed by atoms with Crippen molar-refractivity contribution in [2.75, 3.05) is 0 Å². The molecule has 78 valence electrons. The minimum atomic E-state index is -1.05. The number of hydrogen-bond donors (Lipinski definition) is 2. The first-order chi connectivity index (χ1) is 6.32. The van der Waals surface area contributed by atoms with Gasteiger partial charge in [-0.2, -0.15) is 0 Å². The number of rotatable bonds is 2. The van der Waals surface area contributed by atoms with Crippen molar-refractivity contribution in [2.45, 2.75) is 25.5 Å². The van der Waals surface area contributed by atoms with Gasteiger partial charge < -0.3 is 10.8 Å². The van der Waals surface area contributed by atoms with E-state index in [4.69, 9.17) is 17.3 Å². The fourth-order valence-electron chi connectivity index (χ4n) is 1.11. The minimum absolute atomic E-state index is 0.0159. The lowest BCUT2D eigenvalue weighted by molar-refractivity contribution is 0.0517. The van der Waals surface area contributed by atoms with Crippen LogP contribution in [-0.2, 0) is 0 Å². The highest BCUT2D eigenvalue weighted by molar-refractivity contribution is 6.30. The summed E-state index contributed by atoms with van der Waals surface area (Å²) < 4.78 is 12.8. The summed E-state index contributed by atoms with van der Waals surface area (Å²) >= 11 is 5.60. The molecule has 0 amide bonds. The Balaban J connectivity index is 3.03. The van der Waals surface area contributed by atoms with Crippen LogP contribution in [0, 0.1) is 5.82 Å². The topological polar surface area (TPSA) is 46.2 Å². The molecule has 0 aromatic heterocycles. The van der Waals surface area contributed by atoms with Crippen molar-refractivity contribution in [3.63, 3.8) is 0 Å². The highest BCUT2D eigenvalue weighted by Gasteiger charge is 2.24. The first-order valence-corrected chi connectivity index (χ1v) is 4.63. The van der Waals surface area contributed by atoms with E-state index in [0.717, 1.165) is 0 Å². The van der Waals surface area contributed by atoms with E-state index >= 15 is 0 Å². The molecule has 0 fully saturated rings. The zero-order valence-electron chi connectivity index (χ0n) is 8.09. The third-order valence-electron chi connectivity index (χ3n) is 2.06. The molecule has 1 unspecified atom stereocenters. The minimum Gasteiger partial charge on any atom is -0.388 e. The predicted molar refractivity (Wildman–Crippen MR) is 54.6 cm³/mol. The van der Waals surface area contributed by atoms with E-state index in [1.165, 1.54) is 18.2 Å². The van der Waals surface area contributed by atoms with Gasteiger partial charge in [0.05, 0.1) is 16.7 Å². The lowest BCUT2D eigenvalue weighted by Gasteiger charge is -2.26. The quantitative estimate of drug-likeness (QED) is 0.798. The molecule has 0 saturated heterocycles. The van der Waals surface area contributed by atoms with Crippen LogP contribution < -0.4 is 5.73 Å². The summed E-state index contributed by atoms with van der Waals surface area (Å²) in [4.78, 5) is 0. The maximum Gasteiger partial charge on any atom is 0.141 e. The monoisotopic (exact) mass is 217 g/mol. The summed E-state index contributed by atoms with van der Waals surface area (Å²) in [6.07, 6.45) is 0. The van der Waals surface area contributed by atoms with E-state index in [1.807, 2.05) is 0 Å². The summed E-state index contributed by atoms with van der Waals surface area (Å²) in [6.45, 7) is 3.18. The first-order valence-electron chi connectivity index (χ1n) is 4.25. The Morgan fingerprint density at radius 2 is 2.07 bits per heavy atom. The fraction of sp³-hybridized carbons (Fsp3) is 0.400. The van der Waals surface area contributed by atoms with Crippen molar-refractivity contribution in [1.29, 1.82) is 0 Å². The van der Waals surface area contributed by atoms with Gasteiger partial charge in [0, 0.05) is 0 Å². The SMILES string of the molecule is CC(C)(O)C(N)c1ccc(F)c(Cl)c1. The Bertz CT molecular complexity index is 335. The third-order valence-corrected chi connectivity index (χ3v) is 2.35. The van der Waals surface area contributed by atoms with E-state index in [2.05, 4.69) is 0 Å². The number of nitrogens with two attached hydrogens (primary N) is 1. The van der Waals surface area contributed by atoms with Gasteiger partial charge >= 0.3 is 0 Å². The van der Waals surface area contributed by atoms with E-state index in [-0.39, 0.29) is 5.02 Å². The van der Waals surface area contributed by atoms with Gasteiger partial charge in [0.15, 0.2) is 0 Å². The molecule has 0 aliphatic carbocycles. The van der Waals surface area contributed by atoms with E-state index in [0.29, 0.717) is 5.56 Å². The molecule has 1 aromatic rings. The zero-order chi connectivity index (χ0) is 10.9. The van der Waals surface area contributed by atoms with Crippen molar-refractivity contribution >= 4 is 11.6 Å². The average molecular weight is 218 g/mol. The first kappa shape index (κ1) is 11.4. The summed E-state index contributed by atoms with van der Waals surface area (Å²) in [5.41, 5.74) is 5.32. The Morgan fingerprint density at radius 3 is 2.50 bits per heavy atom. The van der Waals surface area contributed by atoms with Crippen LogP contribution in [0.5, 0.6) is 0 Å². The molecule has 0 aliphatic heterocycles. The maximum atomic E-state index is 12.8. The molecule has 1 rings (SSSR count). The summed E-state index contributed by atoms with van der Waals surface area (Å²) in [5.74, 6) is -0.488. The number of aliphatic hydroxyl groups is 1. The van der Waals surface area contributed by atoms with Crippen LogP contribution in [0.1, 0.15) is 25.5 Å². The molecule has 0 aliphatic rings. The smallest absolute Gasteiger partial charge is 0.141 e. The van der Waals surface area contributed by atoms with Crippen molar-refractivity contribution in [3.8, 4) is 0 Å². The summed E-state index contributed by atoms with van der Waals surface area (Å²) in [5, 5.41) is 9.65. The van der Waals surface area contributed by atoms with E-state index < -0.39 is 17.5 Å². The largest absolute Gasteiger partial charge is 0.388 e. The molecule has 4 heteroatoms. The molecular weight excluding hydrogens is 205 g/mol. The molecule has 0 spiro atoms. The van der Waals surface area contributed by atoms with Gasteiger partial charge in [-0.25, -0.2) is 4.39 Å². The molecule has 0 saturated carbocycles. The average Bonchev–Trinajstić information content (AvgIpc) is 2.07. The maximum absolute atomic E-state index is 12.8. The van der Waals surface area contributed by atoms with Crippen LogP contribution >= 0.6 is 11.6 Å². The van der Waals surface area contributed by atoms with Crippen LogP contribution in [0.4, 0.5) is 4.39 Å². The molecule has 2 nitrogen and oxygen atoms in total. The number of hydrogen-bond acceptors (Lipinski definition) is 2. The van der Waals surface area contributed by atoms with Gasteiger partial charge in [0.2, 0.25) is 0 Å². The molecule has 0 radical (unpaired) electrons. The molecule has 1 atom stereocenters. The van der Waals surface area contributed by atoms with Crippen LogP contribution in [0.2, 0.25) is 5.02 Å². The van der Waals surface area contributed by atoms with E-state index in [1.54, 1.807) is 13.8 Å². The number of halogens is 2. The van der Waals surface area contributed by atoms with Gasteiger partial charge in [-0.05, 0) is 31.5 Å². The van der Waals surface area contributed by atoms with Gasteiger partial charge in [-0.3, -0.25) is 0 Å². The van der Waals surface area contributed by atoms with Gasteiger partial charge in [-0.1, -0.05) is 17.7 Å². The predicted octanol–water partition coefficient (Wildman–Crippen LogP) is 2.25. The Labute approximate surface area is 87.5 Å². The van der Waals surface area contributed by atoms with Crippen LogP contribution in [0.25, 0.3) is 0 Å². The lowest BCUT2D eigenvalue weighted by Crippen LogP contribution is -2.35. The standard InChI is InChI=1S/C10H13ClFNO/c1-10(2,14)9(13)6-3-4-8(12)7(11)5-6/h3-5,9,14H,13H2,1-2H3. The highest BCUT2D eigenvalue weighted by Crippen LogP contribution is 2.26. The Hall–Kier alpha value is -0.640. The third kappa shape index (κ3) is 2.44. The van der Waals surface area contributed by atoms with Gasteiger partial charge in [-0.15, -0.1) is 0 Å². The van der Waals surface area contributed by atoms with Crippen molar-refractivity contribution < 1.29 is 9.50 Å². The molecule has 0 bridgehead atoms. The fourth-order valence-corrected chi connectivity index (χ4v) is 1.30. The Morgan fingerprint density at radius 1 is 1.50 bits per heavy atom. The summed E-state index contributed by atoms with van der Waals surface area (Å²) in [7, 11) is 0. The van der Waals surface area contributed by atoms with Crippen molar-refractivity contribution in [1.82, 2.24) is 0 Å². The summed E-state index contributed by atoms with van der Waals surface area (Å²) in [6, 6.07) is 3.60. The molecular formula is C10H13ClFNO. The number of benzene rings is 1.